The minimum absolute atomic E-state index is 0.0154. The molecule has 0 heterocycles. The number of esters is 2. The number of hydrogen-bond donors (Lipinski definition) is 0. The number of carboxylic acids is 1. The Hall–Kier alpha value is -4.01. The topological polar surface area (TPSA) is 102 Å². The first-order chi connectivity index (χ1) is 29.6. The zero-order valence-electron chi connectivity index (χ0n) is 39.0. The molecule has 8 nitrogen and oxygen atoms in total. The van der Waals surface area contributed by atoms with Gasteiger partial charge in [0.05, 0.1) is 40.3 Å². The van der Waals surface area contributed by atoms with Crippen LogP contribution in [0.4, 0.5) is 0 Å². The summed E-state index contributed by atoms with van der Waals surface area (Å²) in [5, 5.41) is 11.6. The Balaban J connectivity index is 4.38. The lowest BCUT2D eigenvalue weighted by Crippen LogP contribution is -2.55. The Bertz CT molecular complexity index is 1360. The molecule has 8 heteroatoms. The van der Waals surface area contributed by atoms with Crippen molar-refractivity contribution in [3.05, 3.63) is 109 Å². The van der Waals surface area contributed by atoms with Crippen molar-refractivity contribution in [1.29, 1.82) is 0 Å². The van der Waals surface area contributed by atoms with Crippen molar-refractivity contribution in [1.82, 2.24) is 0 Å². The van der Waals surface area contributed by atoms with Gasteiger partial charge in [-0.3, -0.25) is 9.59 Å². The lowest BCUT2D eigenvalue weighted by molar-refractivity contribution is -0.889. The molecule has 2 unspecified atom stereocenters. The van der Waals surface area contributed by atoms with Crippen LogP contribution in [0.3, 0.4) is 0 Å². The number of unbranched alkanes of at least 4 members (excludes halogenated alkanes) is 8. The molecule has 0 fully saturated rings. The van der Waals surface area contributed by atoms with Crippen molar-refractivity contribution < 1.29 is 38.2 Å². The molecular formula is C53H85NO7. The third-order valence-electron chi connectivity index (χ3n) is 9.65. The van der Waals surface area contributed by atoms with Gasteiger partial charge in [0, 0.05) is 19.3 Å². The van der Waals surface area contributed by atoms with Crippen LogP contribution in [0.25, 0.3) is 0 Å². The monoisotopic (exact) mass is 848 g/mol. The number of nitrogens with zero attached hydrogens (tertiary/aromatic N) is 1. The average Bonchev–Trinajstić information content (AvgIpc) is 3.22. The number of allylic oxidation sites excluding steroid dienone is 18. The van der Waals surface area contributed by atoms with Gasteiger partial charge in [0.15, 0.2) is 6.10 Å². The van der Waals surface area contributed by atoms with Crippen molar-refractivity contribution in [2.45, 2.75) is 167 Å². The van der Waals surface area contributed by atoms with Crippen molar-refractivity contribution in [3.63, 3.8) is 0 Å². The molecule has 0 aliphatic heterocycles. The molecule has 0 N–H and O–H groups in total. The second kappa shape index (κ2) is 42.7. The number of aliphatic carboxylic acids is 1. The zero-order valence-corrected chi connectivity index (χ0v) is 39.0. The molecule has 0 aromatic heterocycles. The second-order valence-electron chi connectivity index (χ2n) is 16.2. The van der Waals surface area contributed by atoms with Crippen molar-refractivity contribution in [3.8, 4) is 0 Å². The van der Waals surface area contributed by atoms with Crippen LogP contribution < -0.4 is 5.11 Å². The van der Waals surface area contributed by atoms with E-state index in [4.69, 9.17) is 14.2 Å². The number of quaternary nitrogens is 1. The quantitative estimate of drug-likeness (QED) is 0.0262. The first-order valence-corrected chi connectivity index (χ1v) is 23.4. The maximum Gasteiger partial charge on any atom is 0.306 e. The number of hydrogen-bond acceptors (Lipinski definition) is 7. The largest absolute Gasteiger partial charge is 0.544 e. The molecule has 2 atom stereocenters. The van der Waals surface area contributed by atoms with Crippen molar-refractivity contribution >= 4 is 17.9 Å². The summed E-state index contributed by atoms with van der Waals surface area (Å²) in [5.41, 5.74) is 0. The van der Waals surface area contributed by atoms with Gasteiger partial charge in [-0.05, 0) is 96.3 Å². The van der Waals surface area contributed by atoms with Crippen LogP contribution in [-0.2, 0) is 28.6 Å². The molecule has 0 rings (SSSR count). The van der Waals surface area contributed by atoms with Gasteiger partial charge in [0.25, 0.3) is 0 Å². The van der Waals surface area contributed by atoms with Gasteiger partial charge < -0.3 is 28.6 Å². The Kier molecular flexibility index (Phi) is 39.9. The Morgan fingerprint density at radius 2 is 0.869 bits per heavy atom. The minimum Gasteiger partial charge on any atom is -0.544 e. The first-order valence-electron chi connectivity index (χ1n) is 23.4. The molecule has 0 amide bonds. The lowest BCUT2D eigenvalue weighted by atomic mass is 10.1. The van der Waals surface area contributed by atoms with E-state index in [2.05, 4.69) is 123 Å². The predicted octanol–water partition coefficient (Wildman–Crippen LogP) is 11.9. The molecule has 344 valence electrons. The predicted molar refractivity (Wildman–Crippen MR) is 254 cm³/mol. The fourth-order valence-corrected chi connectivity index (χ4v) is 6.09. The van der Waals surface area contributed by atoms with Crippen LogP contribution >= 0.6 is 0 Å². The van der Waals surface area contributed by atoms with E-state index < -0.39 is 18.1 Å². The van der Waals surface area contributed by atoms with E-state index in [0.717, 1.165) is 122 Å². The summed E-state index contributed by atoms with van der Waals surface area (Å²) in [4.78, 5) is 36.9. The normalized spacial score (nSPS) is 13.9. The highest BCUT2D eigenvalue weighted by atomic mass is 16.6. The summed E-state index contributed by atoms with van der Waals surface area (Å²) in [6, 6.07) is -0.741. The minimum atomic E-state index is -1.14. The average molecular weight is 848 g/mol. The molecule has 61 heavy (non-hydrogen) atoms. The third-order valence-corrected chi connectivity index (χ3v) is 9.65. The van der Waals surface area contributed by atoms with Crippen LogP contribution in [0, 0.1) is 0 Å². The van der Waals surface area contributed by atoms with Crippen LogP contribution in [0.5, 0.6) is 0 Å². The van der Waals surface area contributed by atoms with Crippen LogP contribution in [-0.4, -0.2) is 75.5 Å². The number of ether oxygens (including phenoxy) is 3. The first kappa shape index (κ1) is 57.0. The van der Waals surface area contributed by atoms with Crippen LogP contribution in [0.15, 0.2) is 109 Å². The van der Waals surface area contributed by atoms with Gasteiger partial charge in [-0.25, -0.2) is 0 Å². The molecule has 0 aliphatic carbocycles. The van der Waals surface area contributed by atoms with Gasteiger partial charge in [-0.1, -0.05) is 149 Å². The van der Waals surface area contributed by atoms with E-state index in [9.17, 15) is 19.5 Å². The van der Waals surface area contributed by atoms with Gasteiger partial charge in [0.2, 0.25) is 0 Å². The zero-order chi connectivity index (χ0) is 44.9. The Labute approximate surface area is 372 Å². The summed E-state index contributed by atoms with van der Waals surface area (Å²) < 4.78 is 17.1. The van der Waals surface area contributed by atoms with Crippen LogP contribution in [0.1, 0.15) is 155 Å². The molecule has 0 bridgehead atoms. The molecule has 0 aromatic rings. The number of rotatable bonds is 40. The highest BCUT2D eigenvalue weighted by Gasteiger charge is 2.25. The van der Waals surface area contributed by atoms with E-state index in [1.54, 1.807) is 21.1 Å². The molecular weight excluding hydrogens is 763 g/mol. The molecule has 0 aromatic carbocycles. The molecule has 0 radical (unpaired) electrons. The Morgan fingerprint density at radius 3 is 1.26 bits per heavy atom. The van der Waals surface area contributed by atoms with Gasteiger partial charge in [-0.2, -0.15) is 0 Å². The summed E-state index contributed by atoms with van der Waals surface area (Å²) in [7, 11) is 5.38. The number of carboxylic acid groups (broad SMARTS) is 1. The van der Waals surface area contributed by atoms with Gasteiger partial charge >= 0.3 is 11.9 Å². The van der Waals surface area contributed by atoms with Gasteiger partial charge in [-0.15, -0.1) is 0 Å². The number of carbonyl (C=O) groups is 3. The third kappa shape index (κ3) is 41.1. The summed E-state index contributed by atoms with van der Waals surface area (Å²) in [5.74, 6) is -1.81. The number of likely N-dealkylation sites (N-methyl/N-ethyl adjacent to an activating group) is 1. The molecule has 0 aliphatic rings. The summed E-state index contributed by atoms with van der Waals surface area (Å²) in [6.07, 6.45) is 58.3. The number of carbonyl (C=O) groups excluding carboxylic acids is 3. The maximum absolute atomic E-state index is 12.7. The summed E-state index contributed by atoms with van der Waals surface area (Å²) in [6.45, 7) is 4.36. The van der Waals surface area contributed by atoms with E-state index in [0.29, 0.717) is 6.42 Å². The smallest absolute Gasteiger partial charge is 0.306 e. The maximum atomic E-state index is 12.7. The van der Waals surface area contributed by atoms with Crippen molar-refractivity contribution in [2.75, 3.05) is 41.0 Å². The summed E-state index contributed by atoms with van der Waals surface area (Å²) >= 11 is 0. The molecule has 0 saturated carbocycles. The SMILES string of the molecule is CC/C=C/C/C=C/C/C=C/C/C=C/C/C=C/C/C=C/CCCCCCC(=O)OCC(COCCC(C(=O)[O-])[N+](C)(C)C)OC(=O)CCCCCC/C=C/C/C=C/C/C=C/CC. The van der Waals surface area contributed by atoms with Crippen LogP contribution in [0.2, 0.25) is 0 Å². The van der Waals surface area contributed by atoms with Crippen molar-refractivity contribution in [2.24, 2.45) is 0 Å². The fraction of sp³-hybridized carbons (Fsp3) is 0.604. The highest BCUT2D eigenvalue weighted by molar-refractivity contribution is 5.70. The van der Waals surface area contributed by atoms with Gasteiger partial charge in [0.1, 0.15) is 12.6 Å². The Morgan fingerprint density at radius 1 is 0.492 bits per heavy atom. The van der Waals surface area contributed by atoms with E-state index >= 15 is 0 Å². The highest BCUT2D eigenvalue weighted by Crippen LogP contribution is 2.12. The fourth-order valence-electron chi connectivity index (χ4n) is 6.09. The standard InChI is InChI=1S/C53H85NO7/c1-6-8-10-12-14-16-18-20-22-23-24-25-26-27-28-29-30-32-33-35-37-39-41-43-51(55)60-48-49(47-59-46-45-50(53(57)58)54(3,4)5)61-52(56)44-42-40-38-36-34-31-21-19-17-15-13-11-9-7-2/h8-11,14-17,20-22,24-25,27-28,30-32,49-50H,6-7,12-13,18-19,23,26,29,33-48H2,1-5H3/b10-8+,11-9+,16-14+,17-15+,22-20+,25-24+,28-27+,31-21+,32-30+. The van der Waals surface area contributed by atoms with E-state index in [1.807, 2.05) is 0 Å². The second-order valence-corrected chi connectivity index (χ2v) is 16.2. The lowest BCUT2D eigenvalue weighted by Gasteiger charge is -2.34. The molecule has 0 saturated heterocycles. The molecule has 0 spiro atoms. The van der Waals surface area contributed by atoms with E-state index in [1.165, 1.54) is 0 Å². The van der Waals surface area contributed by atoms with E-state index in [-0.39, 0.29) is 49.1 Å².